The highest BCUT2D eigenvalue weighted by Gasteiger charge is 2.11. The van der Waals surface area contributed by atoms with E-state index in [9.17, 15) is 13.2 Å². The molecule has 0 aliphatic heterocycles. The Morgan fingerprint density at radius 2 is 2.00 bits per heavy atom. The summed E-state index contributed by atoms with van der Waals surface area (Å²) in [6, 6.07) is 4.55. The van der Waals surface area contributed by atoms with Gasteiger partial charge in [0, 0.05) is 0 Å². The Hall–Kier alpha value is -2.29. The van der Waals surface area contributed by atoms with Crippen LogP contribution in [0, 0.1) is 0 Å². The van der Waals surface area contributed by atoms with Crippen molar-refractivity contribution in [3.63, 3.8) is 0 Å². The molecule has 0 spiro atoms. The fourth-order valence-electron chi connectivity index (χ4n) is 1.43. The lowest BCUT2D eigenvalue weighted by Gasteiger charge is -2.10. The minimum Gasteiger partial charge on any atom is -0.490 e. The third-order valence-corrected chi connectivity index (χ3v) is 2.64. The van der Waals surface area contributed by atoms with Crippen molar-refractivity contribution in [3.05, 3.63) is 23.8 Å². The van der Waals surface area contributed by atoms with Gasteiger partial charge in [0.15, 0.2) is 11.5 Å². The third-order valence-electron chi connectivity index (χ3n) is 2.15. The van der Waals surface area contributed by atoms with Crippen molar-refractivity contribution in [2.45, 2.75) is 13.8 Å². The summed E-state index contributed by atoms with van der Waals surface area (Å²) in [5.41, 5.74) is 2.76. The number of carbonyl (C=O) groups is 1. The number of ether oxygens (including phenoxy) is 2. The summed E-state index contributed by atoms with van der Waals surface area (Å²) in [7, 11) is -3.65. The Balaban J connectivity index is 2.88. The predicted molar refractivity (Wildman–Crippen MR) is 80.8 cm³/mol. The van der Waals surface area contributed by atoms with Crippen LogP contribution in [-0.2, 0) is 14.9 Å². The summed E-state index contributed by atoms with van der Waals surface area (Å²) in [6.07, 6.45) is 1.64. The molecule has 0 atom stereocenters. The summed E-state index contributed by atoms with van der Waals surface area (Å²) < 4.78 is 37.2. The largest absolute Gasteiger partial charge is 0.490 e. The standard InChI is InChI=1S/C13H18N2O6S/c1-4-19-12-8-10(9-14-15-13(16)20-5-2)6-7-11(12)21-22(3,17)18/h6-9H,4-5H2,1-3H3,(H,15,16)/b14-9+. The summed E-state index contributed by atoms with van der Waals surface area (Å²) in [5, 5.41) is 3.70. The fraction of sp³-hybridized carbons (Fsp3) is 0.385. The first-order valence-corrected chi connectivity index (χ1v) is 8.29. The highest BCUT2D eigenvalue weighted by molar-refractivity contribution is 7.86. The van der Waals surface area contributed by atoms with Gasteiger partial charge in [-0.05, 0) is 37.6 Å². The van der Waals surface area contributed by atoms with Gasteiger partial charge in [0.2, 0.25) is 0 Å². The van der Waals surface area contributed by atoms with Gasteiger partial charge in [0.1, 0.15) is 0 Å². The maximum absolute atomic E-state index is 11.2. The predicted octanol–water partition coefficient (Wildman–Crippen LogP) is 1.50. The second kappa shape index (κ2) is 8.23. The number of carbonyl (C=O) groups excluding carboxylic acids is 1. The Morgan fingerprint density at radius 1 is 1.27 bits per heavy atom. The number of hydrogen-bond acceptors (Lipinski definition) is 7. The molecule has 0 aliphatic carbocycles. The molecule has 0 aromatic heterocycles. The summed E-state index contributed by atoms with van der Waals surface area (Å²) in [6.45, 7) is 4.01. The number of amides is 1. The molecule has 0 saturated heterocycles. The van der Waals surface area contributed by atoms with Crippen molar-refractivity contribution >= 4 is 22.4 Å². The molecule has 1 rings (SSSR count). The van der Waals surface area contributed by atoms with Crippen LogP contribution >= 0.6 is 0 Å². The van der Waals surface area contributed by atoms with Crippen molar-refractivity contribution in [1.29, 1.82) is 0 Å². The highest BCUT2D eigenvalue weighted by atomic mass is 32.2. The van der Waals surface area contributed by atoms with E-state index < -0.39 is 16.2 Å². The zero-order valence-electron chi connectivity index (χ0n) is 12.5. The maximum Gasteiger partial charge on any atom is 0.427 e. The van der Waals surface area contributed by atoms with Gasteiger partial charge in [-0.1, -0.05) is 0 Å². The minimum atomic E-state index is -3.65. The van der Waals surface area contributed by atoms with E-state index in [0.717, 1.165) is 6.26 Å². The van der Waals surface area contributed by atoms with Crippen molar-refractivity contribution in [2.24, 2.45) is 5.10 Å². The van der Waals surface area contributed by atoms with E-state index in [0.29, 0.717) is 12.2 Å². The molecular formula is C13H18N2O6S. The van der Waals surface area contributed by atoms with Crippen LogP contribution in [0.2, 0.25) is 0 Å². The average molecular weight is 330 g/mol. The number of benzene rings is 1. The highest BCUT2D eigenvalue weighted by Crippen LogP contribution is 2.29. The maximum atomic E-state index is 11.2. The van der Waals surface area contributed by atoms with Crippen LogP contribution < -0.4 is 14.3 Å². The first-order valence-electron chi connectivity index (χ1n) is 6.47. The molecule has 0 fully saturated rings. The van der Waals surface area contributed by atoms with Crippen LogP contribution in [0.5, 0.6) is 11.5 Å². The Bertz CT molecular complexity index is 642. The van der Waals surface area contributed by atoms with Crippen LogP contribution in [0.1, 0.15) is 19.4 Å². The summed E-state index contributed by atoms with van der Waals surface area (Å²) in [4.78, 5) is 11.1. The molecule has 1 aromatic carbocycles. The van der Waals surface area contributed by atoms with E-state index in [1.54, 1.807) is 26.0 Å². The van der Waals surface area contributed by atoms with Gasteiger partial charge in [0.05, 0.1) is 25.7 Å². The Kier molecular flexibility index (Phi) is 6.64. The molecule has 22 heavy (non-hydrogen) atoms. The zero-order chi connectivity index (χ0) is 16.6. The third kappa shape index (κ3) is 6.44. The van der Waals surface area contributed by atoms with Gasteiger partial charge < -0.3 is 13.7 Å². The van der Waals surface area contributed by atoms with Gasteiger partial charge in [-0.3, -0.25) is 0 Å². The molecule has 0 bridgehead atoms. The van der Waals surface area contributed by atoms with E-state index in [2.05, 4.69) is 15.3 Å². The number of nitrogens with one attached hydrogen (secondary N) is 1. The Morgan fingerprint density at radius 3 is 2.59 bits per heavy atom. The quantitative estimate of drug-likeness (QED) is 0.462. The molecular weight excluding hydrogens is 312 g/mol. The monoisotopic (exact) mass is 330 g/mol. The molecule has 1 aromatic rings. The second-order valence-electron chi connectivity index (χ2n) is 4.02. The lowest BCUT2D eigenvalue weighted by molar-refractivity contribution is 0.152. The fourth-order valence-corrected chi connectivity index (χ4v) is 1.89. The summed E-state index contributed by atoms with van der Waals surface area (Å²) >= 11 is 0. The van der Waals surface area contributed by atoms with Crippen LogP contribution in [0.25, 0.3) is 0 Å². The van der Waals surface area contributed by atoms with E-state index >= 15 is 0 Å². The van der Waals surface area contributed by atoms with Gasteiger partial charge >= 0.3 is 16.2 Å². The lowest BCUT2D eigenvalue weighted by atomic mass is 10.2. The molecule has 122 valence electrons. The average Bonchev–Trinajstić information content (AvgIpc) is 2.41. The zero-order valence-corrected chi connectivity index (χ0v) is 13.3. The molecule has 1 N–H and O–H groups in total. The van der Waals surface area contributed by atoms with Gasteiger partial charge in [-0.25, -0.2) is 10.2 Å². The second-order valence-corrected chi connectivity index (χ2v) is 5.59. The van der Waals surface area contributed by atoms with Crippen molar-refractivity contribution in [2.75, 3.05) is 19.5 Å². The van der Waals surface area contributed by atoms with E-state index in [-0.39, 0.29) is 18.1 Å². The van der Waals surface area contributed by atoms with E-state index in [1.807, 2.05) is 0 Å². The van der Waals surface area contributed by atoms with E-state index in [4.69, 9.17) is 8.92 Å². The molecule has 0 unspecified atom stereocenters. The smallest absolute Gasteiger partial charge is 0.427 e. The lowest BCUT2D eigenvalue weighted by Crippen LogP contribution is -2.18. The molecule has 0 aliphatic rings. The Labute approximate surface area is 129 Å². The molecule has 0 saturated carbocycles. The van der Waals surface area contributed by atoms with Gasteiger partial charge in [-0.15, -0.1) is 0 Å². The first kappa shape index (κ1) is 17.8. The van der Waals surface area contributed by atoms with Crippen molar-refractivity contribution < 1.29 is 26.9 Å². The SMILES string of the molecule is CCOC(=O)N/N=C/c1ccc(OS(C)(=O)=O)c(OCC)c1. The molecule has 8 nitrogen and oxygen atoms in total. The van der Waals surface area contributed by atoms with E-state index in [1.165, 1.54) is 12.3 Å². The molecule has 9 heteroatoms. The molecule has 0 heterocycles. The number of hydrazone groups is 1. The van der Waals surface area contributed by atoms with Crippen molar-refractivity contribution in [3.8, 4) is 11.5 Å². The van der Waals surface area contributed by atoms with Crippen molar-refractivity contribution in [1.82, 2.24) is 5.43 Å². The van der Waals surface area contributed by atoms with Gasteiger partial charge in [-0.2, -0.15) is 13.5 Å². The molecule has 1 amide bonds. The minimum absolute atomic E-state index is 0.0832. The van der Waals surface area contributed by atoms with Gasteiger partial charge in [0.25, 0.3) is 0 Å². The summed E-state index contributed by atoms with van der Waals surface area (Å²) in [5.74, 6) is 0.341. The first-order chi connectivity index (χ1) is 10.4. The van der Waals surface area contributed by atoms with Crippen LogP contribution in [-0.4, -0.2) is 40.2 Å². The topological polar surface area (TPSA) is 103 Å². The van der Waals surface area contributed by atoms with Crippen LogP contribution in [0.15, 0.2) is 23.3 Å². The van der Waals surface area contributed by atoms with Crippen LogP contribution in [0.3, 0.4) is 0 Å². The number of rotatable bonds is 7. The number of nitrogens with zero attached hydrogens (tertiary/aromatic N) is 1. The van der Waals surface area contributed by atoms with Crippen LogP contribution in [0.4, 0.5) is 4.79 Å². The number of hydrogen-bond donors (Lipinski definition) is 1. The normalized spacial score (nSPS) is 11.2. The molecule has 0 radical (unpaired) electrons.